The summed E-state index contributed by atoms with van der Waals surface area (Å²) in [5.74, 6) is -0.848. The van der Waals surface area contributed by atoms with Gasteiger partial charge >= 0.3 is 17.9 Å². The van der Waals surface area contributed by atoms with Crippen molar-refractivity contribution in [3.8, 4) is 0 Å². The molecule has 0 saturated heterocycles. The van der Waals surface area contributed by atoms with Crippen LogP contribution in [0.3, 0.4) is 0 Å². The third-order valence-corrected chi connectivity index (χ3v) is 13.2. The van der Waals surface area contributed by atoms with Crippen LogP contribution < -0.4 is 0 Å². The zero-order chi connectivity index (χ0) is 47.9. The number of unbranched alkanes of at least 4 members (excludes halogenated alkanes) is 39. The summed E-state index contributed by atoms with van der Waals surface area (Å²) in [7, 11) is 0. The van der Waals surface area contributed by atoms with Gasteiger partial charge in [-0.1, -0.05) is 276 Å². The van der Waals surface area contributed by atoms with E-state index in [2.05, 4.69) is 45.1 Å². The lowest BCUT2D eigenvalue weighted by atomic mass is 10.0. The number of hydrogen-bond donors (Lipinski definition) is 0. The molecule has 388 valence electrons. The minimum Gasteiger partial charge on any atom is -0.462 e. The van der Waals surface area contributed by atoms with Crippen LogP contribution in [0.5, 0.6) is 0 Å². The van der Waals surface area contributed by atoms with Crippen molar-refractivity contribution in [3.05, 3.63) is 24.3 Å². The van der Waals surface area contributed by atoms with Crippen LogP contribution in [0, 0.1) is 0 Å². The Morgan fingerprint density at radius 2 is 0.545 bits per heavy atom. The van der Waals surface area contributed by atoms with Crippen molar-refractivity contribution in [2.24, 2.45) is 0 Å². The third-order valence-electron chi connectivity index (χ3n) is 13.2. The first-order valence-electron chi connectivity index (χ1n) is 29.3. The molecule has 6 heteroatoms. The summed E-state index contributed by atoms with van der Waals surface area (Å²) in [5.41, 5.74) is 0. The van der Waals surface area contributed by atoms with Crippen LogP contribution in [-0.2, 0) is 28.6 Å². The van der Waals surface area contributed by atoms with Gasteiger partial charge in [-0.15, -0.1) is 0 Å². The number of carbonyl (C=O) groups is 3. The van der Waals surface area contributed by atoms with E-state index < -0.39 is 6.10 Å². The number of carbonyl (C=O) groups excluding carboxylic acids is 3. The number of hydrogen-bond acceptors (Lipinski definition) is 6. The average Bonchev–Trinajstić information content (AvgIpc) is 3.31. The Morgan fingerprint density at radius 1 is 0.303 bits per heavy atom. The molecule has 0 saturated carbocycles. The number of esters is 3. The Kier molecular flexibility index (Phi) is 53.7. The smallest absolute Gasteiger partial charge is 0.306 e. The van der Waals surface area contributed by atoms with Crippen molar-refractivity contribution in [2.45, 2.75) is 329 Å². The van der Waals surface area contributed by atoms with Crippen molar-refractivity contribution >= 4 is 17.9 Å². The molecule has 0 aromatic rings. The summed E-state index contributed by atoms with van der Waals surface area (Å²) in [6, 6.07) is 0. The molecule has 6 nitrogen and oxygen atoms in total. The van der Waals surface area contributed by atoms with Crippen molar-refractivity contribution in [2.75, 3.05) is 13.2 Å². The maximum atomic E-state index is 12.9. The van der Waals surface area contributed by atoms with Crippen molar-refractivity contribution in [1.82, 2.24) is 0 Å². The molecular weight excluding hydrogens is 817 g/mol. The minimum atomic E-state index is -0.767. The average molecular weight is 930 g/mol. The van der Waals surface area contributed by atoms with Crippen LogP contribution in [0.1, 0.15) is 323 Å². The van der Waals surface area contributed by atoms with E-state index in [1.54, 1.807) is 0 Å². The summed E-state index contributed by atoms with van der Waals surface area (Å²) >= 11 is 0. The van der Waals surface area contributed by atoms with Gasteiger partial charge in [0.2, 0.25) is 0 Å². The van der Waals surface area contributed by atoms with E-state index in [1.165, 1.54) is 218 Å². The fourth-order valence-corrected chi connectivity index (χ4v) is 8.77. The largest absolute Gasteiger partial charge is 0.462 e. The number of rotatable bonds is 54. The second-order valence-corrected chi connectivity index (χ2v) is 19.9. The number of allylic oxidation sites excluding steroid dienone is 4. The van der Waals surface area contributed by atoms with Crippen LogP contribution in [0.25, 0.3) is 0 Å². The van der Waals surface area contributed by atoms with Gasteiger partial charge < -0.3 is 14.2 Å². The molecule has 66 heavy (non-hydrogen) atoms. The summed E-state index contributed by atoms with van der Waals surface area (Å²) in [6.45, 7) is 6.66. The molecule has 1 atom stereocenters. The van der Waals surface area contributed by atoms with E-state index in [1.807, 2.05) is 0 Å². The zero-order valence-electron chi connectivity index (χ0n) is 44.5. The summed E-state index contributed by atoms with van der Waals surface area (Å²) < 4.78 is 16.9. The molecule has 0 fully saturated rings. The Balaban J connectivity index is 4.31. The van der Waals surface area contributed by atoms with Gasteiger partial charge in [0, 0.05) is 19.3 Å². The molecule has 0 aromatic carbocycles. The predicted molar refractivity (Wildman–Crippen MR) is 284 cm³/mol. The molecule has 0 rings (SSSR count). The Bertz CT molecular complexity index is 1070. The first-order valence-corrected chi connectivity index (χ1v) is 29.3. The quantitative estimate of drug-likeness (QED) is 0.0262. The molecule has 0 amide bonds. The van der Waals surface area contributed by atoms with Gasteiger partial charge in [-0.3, -0.25) is 14.4 Å². The highest BCUT2D eigenvalue weighted by molar-refractivity contribution is 5.71. The maximum absolute atomic E-state index is 12.9. The molecule has 0 N–H and O–H groups in total. The lowest BCUT2D eigenvalue weighted by Crippen LogP contribution is -2.30. The highest BCUT2D eigenvalue weighted by atomic mass is 16.6. The highest BCUT2D eigenvalue weighted by Crippen LogP contribution is 2.17. The van der Waals surface area contributed by atoms with Crippen molar-refractivity contribution in [1.29, 1.82) is 0 Å². The van der Waals surface area contributed by atoms with Gasteiger partial charge in [0.15, 0.2) is 6.10 Å². The van der Waals surface area contributed by atoms with Crippen LogP contribution in [0.2, 0.25) is 0 Å². The monoisotopic (exact) mass is 929 g/mol. The molecule has 0 aliphatic heterocycles. The first kappa shape index (κ1) is 63.9. The molecule has 0 aliphatic rings. The fourth-order valence-electron chi connectivity index (χ4n) is 8.77. The molecule has 0 spiro atoms. The second kappa shape index (κ2) is 55.5. The molecule has 0 aromatic heterocycles. The molecule has 0 bridgehead atoms. The van der Waals surface area contributed by atoms with Crippen molar-refractivity contribution in [3.63, 3.8) is 0 Å². The normalized spacial score (nSPS) is 12.1. The molecule has 0 radical (unpaired) electrons. The van der Waals surface area contributed by atoms with E-state index in [0.29, 0.717) is 19.3 Å². The summed E-state index contributed by atoms with van der Waals surface area (Å²) in [5, 5.41) is 0. The molecule has 0 heterocycles. The molecule has 1 unspecified atom stereocenters. The SMILES string of the molecule is CCCCC/C=C\C/C=C\CCCCCCCCCCCC(=O)OCC(COC(=O)CCCCCCCCCCCCCCC)OC(=O)CCCCCCCCCCCCCCCCCC. The summed E-state index contributed by atoms with van der Waals surface area (Å²) in [6.07, 6.45) is 64.5. The Morgan fingerprint density at radius 3 is 0.864 bits per heavy atom. The zero-order valence-corrected chi connectivity index (χ0v) is 44.5. The predicted octanol–water partition coefficient (Wildman–Crippen LogP) is 19.5. The fraction of sp³-hybridized carbons (Fsp3) is 0.883. The summed E-state index contributed by atoms with van der Waals surface area (Å²) in [4.78, 5) is 38.1. The molecule has 0 aliphatic carbocycles. The topological polar surface area (TPSA) is 78.9 Å². The van der Waals surface area contributed by atoms with E-state index >= 15 is 0 Å². The second-order valence-electron chi connectivity index (χ2n) is 19.9. The van der Waals surface area contributed by atoms with Gasteiger partial charge in [-0.2, -0.15) is 0 Å². The van der Waals surface area contributed by atoms with E-state index in [9.17, 15) is 14.4 Å². The standard InChI is InChI=1S/C60H112O6/c1-4-7-10-13-16-19-22-25-27-29-30-31-33-35-38-41-44-47-50-53-59(62)65-56-57(55-64-58(61)52-49-46-43-40-37-34-24-21-18-15-12-9-6-3)66-60(63)54-51-48-45-42-39-36-32-28-26-23-20-17-14-11-8-5-2/h16,19,25,27,57H,4-15,17-18,20-24,26,28-56H2,1-3H3/b19-16-,27-25-. The van der Waals surface area contributed by atoms with Gasteiger partial charge in [-0.05, 0) is 51.4 Å². The van der Waals surface area contributed by atoms with Crippen LogP contribution >= 0.6 is 0 Å². The van der Waals surface area contributed by atoms with Gasteiger partial charge in [0.05, 0.1) is 0 Å². The number of ether oxygens (including phenoxy) is 3. The Labute approximate surface area is 411 Å². The van der Waals surface area contributed by atoms with E-state index in [0.717, 1.165) is 64.2 Å². The van der Waals surface area contributed by atoms with E-state index in [4.69, 9.17) is 14.2 Å². The first-order chi connectivity index (χ1) is 32.5. The minimum absolute atomic E-state index is 0.0667. The Hall–Kier alpha value is -2.11. The van der Waals surface area contributed by atoms with Crippen LogP contribution in [0.15, 0.2) is 24.3 Å². The highest BCUT2D eigenvalue weighted by Gasteiger charge is 2.19. The maximum Gasteiger partial charge on any atom is 0.306 e. The van der Waals surface area contributed by atoms with Gasteiger partial charge in [0.25, 0.3) is 0 Å². The van der Waals surface area contributed by atoms with Crippen LogP contribution in [0.4, 0.5) is 0 Å². The lowest BCUT2D eigenvalue weighted by Gasteiger charge is -2.18. The lowest BCUT2D eigenvalue weighted by molar-refractivity contribution is -0.167. The van der Waals surface area contributed by atoms with Gasteiger partial charge in [0.1, 0.15) is 13.2 Å². The molecular formula is C60H112O6. The third kappa shape index (κ3) is 52.9. The van der Waals surface area contributed by atoms with E-state index in [-0.39, 0.29) is 31.1 Å². The van der Waals surface area contributed by atoms with Gasteiger partial charge in [-0.25, -0.2) is 0 Å². The van der Waals surface area contributed by atoms with Crippen LogP contribution in [-0.4, -0.2) is 37.2 Å². The van der Waals surface area contributed by atoms with Crippen molar-refractivity contribution < 1.29 is 28.6 Å².